The molecule has 0 unspecified atom stereocenters. The zero-order chi connectivity index (χ0) is 19.7. The van der Waals surface area contributed by atoms with Crippen molar-refractivity contribution in [3.8, 4) is 5.75 Å². The fourth-order valence-electron chi connectivity index (χ4n) is 3.40. The molecule has 1 N–H and O–H groups in total. The maximum absolute atomic E-state index is 14.2. The molecule has 0 radical (unpaired) electrons. The van der Waals surface area contributed by atoms with Crippen molar-refractivity contribution < 1.29 is 22.3 Å². The van der Waals surface area contributed by atoms with Crippen molar-refractivity contribution in [3.63, 3.8) is 0 Å². The predicted octanol–water partition coefficient (Wildman–Crippen LogP) is 5.51. The summed E-state index contributed by atoms with van der Waals surface area (Å²) in [6.45, 7) is 0.369. The van der Waals surface area contributed by atoms with Crippen LogP contribution >= 0.6 is 12.4 Å². The highest BCUT2D eigenvalue weighted by atomic mass is 35.5. The number of hydrogen-bond donors (Lipinski definition) is 1. The lowest BCUT2D eigenvalue weighted by Gasteiger charge is -2.36. The van der Waals surface area contributed by atoms with Gasteiger partial charge in [-0.1, -0.05) is 6.07 Å². The third-order valence-electron chi connectivity index (χ3n) is 5.00. The van der Waals surface area contributed by atoms with Crippen molar-refractivity contribution in [2.24, 2.45) is 0 Å². The summed E-state index contributed by atoms with van der Waals surface area (Å²) in [5.74, 6) is -0.0619. The second kappa shape index (κ2) is 8.55. The van der Waals surface area contributed by atoms with E-state index >= 15 is 0 Å². The molecule has 1 aliphatic rings. The third-order valence-corrected chi connectivity index (χ3v) is 5.00. The van der Waals surface area contributed by atoms with Gasteiger partial charge in [0, 0.05) is 35.9 Å². The Balaban J connectivity index is 0.00000240. The van der Waals surface area contributed by atoms with Crippen LogP contribution in [0.2, 0.25) is 0 Å². The molecule has 0 spiro atoms. The molecule has 1 heterocycles. The lowest BCUT2D eigenvalue weighted by Crippen LogP contribution is -2.46. The molecule has 29 heavy (non-hydrogen) atoms. The molecule has 3 aromatic rings. The maximum atomic E-state index is 14.2. The highest BCUT2D eigenvalue weighted by molar-refractivity contribution is 5.85. The number of benzene rings is 2. The molecular formula is C21H19ClF4N2O. The summed E-state index contributed by atoms with van der Waals surface area (Å²) in [5, 5.41) is 4.99. The first-order chi connectivity index (χ1) is 13.4. The van der Waals surface area contributed by atoms with Crippen LogP contribution in [0.15, 0.2) is 54.9 Å². The van der Waals surface area contributed by atoms with Crippen LogP contribution in [0.1, 0.15) is 24.0 Å². The number of rotatable bonds is 5. The van der Waals surface area contributed by atoms with Gasteiger partial charge in [0.05, 0.1) is 5.56 Å². The van der Waals surface area contributed by atoms with Crippen LogP contribution in [0.4, 0.5) is 17.6 Å². The monoisotopic (exact) mass is 426 g/mol. The van der Waals surface area contributed by atoms with Gasteiger partial charge >= 0.3 is 6.18 Å². The largest absolute Gasteiger partial charge is 0.490 e. The molecule has 0 bridgehead atoms. The van der Waals surface area contributed by atoms with E-state index in [1.807, 2.05) is 0 Å². The quantitative estimate of drug-likeness (QED) is 0.546. The van der Waals surface area contributed by atoms with Gasteiger partial charge in [0.15, 0.2) is 0 Å². The molecule has 2 aromatic carbocycles. The van der Waals surface area contributed by atoms with Gasteiger partial charge in [0.25, 0.3) is 0 Å². The molecule has 0 atom stereocenters. The van der Waals surface area contributed by atoms with Crippen LogP contribution in [0.5, 0.6) is 5.75 Å². The Hall–Kier alpha value is -2.38. The standard InChI is InChI=1S/C21H18F4N2O.ClH/c22-20-5-4-13-11-26-7-6-18(13)19(20)12-27-15-9-17(10-15)28-16-3-1-2-14(8-16)21(23,24)25;/h1-8,11,15,17,27H,9-10,12H2;1H. The summed E-state index contributed by atoms with van der Waals surface area (Å²) in [6, 6.07) is 9.94. The molecule has 0 amide bonds. The average molecular weight is 427 g/mol. The fraction of sp³-hybridized carbons (Fsp3) is 0.286. The van der Waals surface area contributed by atoms with Gasteiger partial charge in [-0.3, -0.25) is 4.98 Å². The smallest absolute Gasteiger partial charge is 0.416 e. The van der Waals surface area contributed by atoms with Gasteiger partial charge in [-0.25, -0.2) is 4.39 Å². The molecule has 0 saturated heterocycles. The minimum Gasteiger partial charge on any atom is -0.490 e. The molecule has 1 aromatic heterocycles. The average Bonchev–Trinajstić information content (AvgIpc) is 2.64. The lowest BCUT2D eigenvalue weighted by atomic mass is 9.89. The Bertz CT molecular complexity index is 990. The van der Waals surface area contributed by atoms with Gasteiger partial charge in [-0.15, -0.1) is 12.4 Å². The minimum absolute atomic E-state index is 0. The van der Waals surface area contributed by atoms with E-state index in [0.717, 1.165) is 22.9 Å². The number of halogens is 5. The second-order valence-corrected chi connectivity index (χ2v) is 6.94. The van der Waals surface area contributed by atoms with E-state index in [1.54, 1.807) is 24.5 Å². The number of fused-ring (bicyclic) bond motifs is 1. The maximum Gasteiger partial charge on any atom is 0.416 e. The molecule has 8 heteroatoms. The Morgan fingerprint density at radius 2 is 1.90 bits per heavy atom. The zero-order valence-corrected chi connectivity index (χ0v) is 16.1. The van der Waals surface area contributed by atoms with E-state index in [9.17, 15) is 17.6 Å². The number of pyridine rings is 1. The molecule has 0 aliphatic heterocycles. The van der Waals surface area contributed by atoms with Crippen LogP contribution in [0, 0.1) is 5.82 Å². The lowest BCUT2D eigenvalue weighted by molar-refractivity contribution is -0.137. The molecule has 154 valence electrons. The van der Waals surface area contributed by atoms with Gasteiger partial charge in [0.1, 0.15) is 17.7 Å². The number of aromatic nitrogens is 1. The first-order valence-corrected chi connectivity index (χ1v) is 8.98. The van der Waals surface area contributed by atoms with Crippen molar-refractivity contribution in [3.05, 3.63) is 71.8 Å². The van der Waals surface area contributed by atoms with Crippen LogP contribution in [-0.2, 0) is 12.7 Å². The topological polar surface area (TPSA) is 34.2 Å². The van der Waals surface area contributed by atoms with Crippen LogP contribution < -0.4 is 10.1 Å². The molecule has 1 saturated carbocycles. The Morgan fingerprint density at radius 3 is 2.66 bits per heavy atom. The van der Waals surface area contributed by atoms with Crippen LogP contribution in [0.3, 0.4) is 0 Å². The first kappa shape index (κ1) is 21.3. The van der Waals surface area contributed by atoms with Crippen LogP contribution in [0.25, 0.3) is 10.8 Å². The van der Waals surface area contributed by atoms with Crippen molar-refractivity contribution in [2.45, 2.75) is 37.7 Å². The van der Waals surface area contributed by atoms with E-state index in [-0.39, 0.29) is 36.1 Å². The SMILES string of the molecule is Cl.Fc1ccc2cnccc2c1CNC1CC(Oc2cccc(C(F)(F)F)c2)C1. The van der Waals surface area contributed by atoms with E-state index in [2.05, 4.69) is 10.3 Å². The van der Waals surface area contributed by atoms with Crippen molar-refractivity contribution in [1.29, 1.82) is 0 Å². The molecule has 3 nitrogen and oxygen atoms in total. The summed E-state index contributed by atoms with van der Waals surface area (Å²) in [7, 11) is 0. The van der Waals surface area contributed by atoms with Crippen molar-refractivity contribution in [2.75, 3.05) is 0 Å². The second-order valence-electron chi connectivity index (χ2n) is 6.94. The number of hydrogen-bond acceptors (Lipinski definition) is 3. The molecule has 1 fully saturated rings. The summed E-state index contributed by atoms with van der Waals surface area (Å²) < 4.78 is 58.2. The summed E-state index contributed by atoms with van der Waals surface area (Å²) in [4.78, 5) is 4.05. The summed E-state index contributed by atoms with van der Waals surface area (Å²) in [6.07, 6.45) is 0.103. The summed E-state index contributed by atoms with van der Waals surface area (Å²) >= 11 is 0. The van der Waals surface area contributed by atoms with Crippen LogP contribution in [-0.4, -0.2) is 17.1 Å². The van der Waals surface area contributed by atoms with E-state index < -0.39 is 11.7 Å². The Kier molecular flexibility index (Phi) is 6.29. The normalized spacial score (nSPS) is 18.8. The number of nitrogens with one attached hydrogen (secondary N) is 1. The zero-order valence-electron chi connectivity index (χ0n) is 15.2. The molecule has 4 rings (SSSR count). The minimum atomic E-state index is -4.39. The molecule has 1 aliphatic carbocycles. The highest BCUT2D eigenvalue weighted by Gasteiger charge is 2.33. The number of alkyl halides is 3. The number of ether oxygens (including phenoxy) is 1. The van der Waals surface area contributed by atoms with E-state index in [0.29, 0.717) is 24.9 Å². The Labute approximate surface area is 171 Å². The van der Waals surface area contributed by atoms with E-state index in [4.69, 9.17) is 4.74 Å². The molecular weight excluding hydrogens is 408 g/mol. The van der Waals surface area contributed by atoms with Gasteiger partial charge < -0.3 is 10.1 Å². The first-order valence-electron chi connectivity index (χ1n) is 8.98. The highest BCUT2D eigenvalue weighted by Crippen LogP contribution is 2.33. The third kappa shape index (κ3) is 4.79. The van der Waals surface area contributed by atoms with Crippen molar-refractivity contribution >= 4 is 23.2 Å². The Morgan fingerprint density at radius 1 is 1.10 bits per heavy atom. The van der Waals surface area contributed by atoms with Crippen molar-refractivity contribution in [1.82, 2.24) is 10.3 Å². The number of nitrogens with zero attached hydrogens (tertiary/aromatic N) is 1. The van der Waals surface area contributed by atoms with Gasteiger partial charge in [0.2, 0.25) is 0 Å². The van der Waals surface area contributed by atoms with Gasteiger partial charge in [-0.2, -0.15) is 13.2 Å². The fourth-order valence-corrected chi connectivity index (χ4v) is 3.40. The van der Waals surface area contributed by atoms with E-state index in [1.165, 1.54) is 18.2 Å². The predicted molar refractivity (Wildman–Crippen MR) is 105 cm³/mol. The summed E-state index contributed by atoms with van der Waals surface area (Å²) in [5.41, 5.74) is -0.137. The van der Waals surface area contributed by atoms with Gasteiger partial charge in [-0.05, 0) is 54.6 Å².